The van der Waals surface area contributed by atoms with Gasteiger partial charge in [-0.3, -0.25) is 14.9 Å². The van der Waals surface area contributed by atoms with Crippen LogP contribution < -0.4 is 4.80 Å². The molecule has 26 heavy (non-hydrogen) atoms. The minimum absolute atomic E-state index is 0.0101. The van der Waals surface area contributed by atoms with Crippen LogP contribution in [0.15, 0.2) is 47.5 Å². The molecule has 0 spiro atoms. The number of aryl methyl sites for hydroxylation is 1. The van der Waals surface area contributed by atoms with Gasteiger partial charge in [0, 0.05) is 12.1 Å². The number of carbonyl (C=O) groups is 1. The van der Waals surface area contributed by atoms with Crippen LogP contribution in [0.3, 0.4) is 0 Å². The van der Waals surface area contributed by atoms with Crippen molar-refractivity contribution >= 4 is 33.1 Å². The second kappa shape index (κ2) is 7.33. The van der Waals surface area contributed by atoms with Gasteiger partial charge >= 0.3 is 0 Å². The first-order chi connectivity index (χ1) is 12.5. The summed E-state index contributed by atoms with van der Waals surface area (Å²) >= 11 is 1.21. The number of terminal acetylenes is 1. The number of benzene rings is 2. The lowest BCUT2D eigenvalue weighted by Crippen LogP contribution is -2.17. The average Bonchev–Trinajstić information content (AvgIpc) is 2.93. The maximum absolute atomic E-state index is 12.3. The number of amides is 1. The zero-order chi connectivity index (χ0) is 18.7. The summed E-state index contributed by atoms with van der Waals surface area (Å²) in [5.74, 6) is 2.24. The SMILES string of the molecule is C#CCn1c(=NC(=O)Cc2ccc(C)cc2)sc2cc([N+](=O)[O-])ccc21. The van der Waals surface area contributed by atoms with Crippen LogP contribution in [0.2, 0.25) is 0 Å². The number of rotatable bonds is 4. The highest BCUT2D eigenvalue weighted by Crippen LogP contribution is 2.23. The number of carbonyl (C=O) groups excluding carboxylic acids is 1. The number of nitro groups is 1. The van der Waals surface area contributed by atoms with Crippen molar-refractivity contribution in [2.75, 3.05) is 0 Å². The van der Waals surface area contributed by atoms with Gasteiger partial charge < -0.3 is 4.57 Å². The third-order valence-electron chi connectivity index (χ3n) is 3.82. The van der Waals surface area contributed by atoms with Crippen LogP contribution in [0, 0.1) is 29.4 Å². The Bertz CT molecular complexity index is 1100. The van der Waals surface area contributed by atoms with Crippen LogP contribution in [-0.4, -0.2) is 15.4 Å². The topological polar surface area (TPSA) is 77.5 Å². The first-order valence-corrected chi connectivity index (χ1v) is 8.64. The molecule has 0 atom stereocenters. The molecule has 3 rings (SSSR count). The molecular weight excluding hydrogens is 350 g/mol. The van der Waals surface area contributed by atoms with Gasteiger partial charge in [0.2, 0.25) is 0 Å². The normalized spacial score (nSPS) is 11.5. The highest BCUT2D eigenvalue weighted by atomic mass is 32.1. The lowest BCUT2D eigenvalue weighted by molar-refractivity contribution is -0.384. The van der Waals surface area contributed by atoms with Gasteiger partial charge in [-0.05, 0) is 18.6 Å². The molecule has 0 bridgehead atoms. The second-order valence-corrected chi connectivity index (χ2v) is 6.76. The molecule has 0 saturated heterocycles. The van der Waals surface area contributed by atoms with Crippen molar-refractivity contribution in [3.8, 4) is 12.3 Å². The summed E-state index contributed by atoms with van der Waals surface area (Å²) in [4.78, 5) is 27.5. The predicted molar refractivity (Wildman–Crippen MR) is 101 cm³/mol. The largest absolute Gasteiger partial charge is 0.305 e. The molecule has 0 aliphatic carbocycles. The van der Waals surface area contributed by atoms with Crippen LogP contribution in [0.25, 0.3) is 10.2 Å². The van der Waals surface area contributed by atoms with E-state index in [1.54, 1.807) is 10.6 Å². The minimum Gasteiger partial charge on any atom is -0.305 e. The van der Waals surface area contributed by atoms with Crippen molar-refractivity contribution in [3.63, 3.8) is 0 Å². The Balaban J connectivity index is 2.01. The molecule has 2 aromatic carbocycles. The number of thiazole rings is 1. The fraction of sp³-hybridized carbons (Fsp3) is 0.158. The molecule has 3 aromatic rings. The molecule has 0 radical (unpaired) electrons. The fourth-order valence-electron chi connectivity index (χ4n) is 2.53. The van der Waals surface area contributed by atoms with Gasteiger partial charge in [0.25, 0.3) is 11.6 Å². The highest BCUT2D eigenvalue weighted by Gasteiger charge is 2.12. The van der Waals surface area contributed by atoms with E-state index in [2.05, 4.69) is 10.9 Å². The van der Waals surface area contributed by atoms with Crippen molar-refractivity contribution in [1.82, 2.24) is 4.57 Å². The summed E-state index contributed by atoms with van der Waals surface area (Å²) in [5.41, 5.74) is 2.71. The summed E-state index contributed by atoms with van der Waals surface area (Å²) < 4.78 is 2.38. The summed E-state index contributed by atoms with van der Waals surface area (Å²) in [6.45, 7) is 2.21. The third kappa shape index (κ3) is 3.71. The van der Waals surface area contributed by atoms with E-state index in [-0.39, 0.29) is 24.6 Å². The monoisotopic (exact) mass is 365 g/mol. The Morgan fingerprint density at radius 1 is 1.31 bits per heavy atom. The van der Waals surface area contributed by atoms with Crippen LogP contribution in [0.5, 0.6) is 0 Å². The maximum Gasteiger partial charge on any atom is 0.270 e. The zero-order valence-electron chi connectivity index (χ0n) is 14.0. The molecule has 130 valence electrons. The summed E-state index contributed by atoms with van der Waals surface area (Å²) in [6.07, 6.45) is 5.61. The first kappa shape index (κ1) is 17.6. The lowest BCUT2D eigenvalue weighted by Gasteiger charge is -2.00. The quantitative estimate of drug-likeness (QED) is 0.405. The van der Waals surface area contributed by atoms with Gasteiger partial charge in [0.1, 0.15) is 0 Å². The van der Waals surface area contributed by atoms with E-state index in [0.717, 1.165) is 16.6 Å². The molecule has 0 aliphatic heterocycles. The van der Waals surface area contributed by atoms with Crippen LogP contribution in [0.1, 0.15) is 11.1 Å². The van der Waals surface area contributed by atoms with E-state index >= 15 is 0 Å². The molecule has 0 unspecified atom stereocenters. The Morgan fingerprint density at radius 3 is 2.69 bits per heavy atom. The van der Waals surface area contributed by atoms with Gasteiger partial charge in [-0.1, -0.05) is 47.1 Å². The maximum atomic E-state index is 12.3. The number of hydrogen-bond acceptors (Lipinski definition) is 4. The minimum atomic E-state index is -0.454. The summed E-state index contributed by atoms with van der Waals surface area (Å²) in [6, 6.07) is 12.2. The molecule has 0 N–H and O–H groups in total. The molecule has 1 amide bonds. The number of fused-ring (bicyclic) bond motifs is 1. The van der Waals surface area contributed by atoms with E-state index in [9.17, 15) is 14.9 Å². The van der Waals surface area contributed by atoms with E-state index in [1.807, 2.05) is 31.2 Å². The molecule has 0 saturated carbocycles. The number of hydrogen-bond donors (Lipinski definition) is 0. The molecule has 0 aliphatic rings. The standard InChI is InChI=1S/C19H15N3O3S/c1-3-10-21-16-9-8-15(22(24)25)12-17(16)26-19(21)20-18(23)11-14-6-4-13(2)5-7-14/h1,4-9,12H,10-11H2,2H3. The fourth-order valence-corrected chi connectivity index (χ4v) is 3.61. The van der Waals surface area contributed by atoms with Crippen molar-refractivity contribution in [2.45, 2.75) is 19.9 Å². The van der Waals surface area contributed by atoms with Gasteiger partial charge in [-0.25, -0.2) is 0 Å². The van der Waals surface area contributed by atoms with E-state index in [4.69, 9.17) is 6.42 Å². The Labute approximate surface area is 153 Å². The number of aromatic nitrogens is 1. The van der Waals surface area contributed by atoms with Gasteiger partial charge in [-0.2, -0.15) is 4.99 Å². The Morgan fingerprint density at radius 2 is 2.04 bits per heavy atom. The van der Waals surface area contributed by atoms with Gasteiger partial charge in [-0.15, -0.1) is 6.42 Å². The Kier molecular flexibility index (Phi) is 4.96. The van der Waals surface area contributed by atoms with E-state index in [1.165, 1.54) is 23.5 Å². The van der Waals surface area contributed by atoms with Crippen molar-refractivity contribution < 1.29 is 9.72 Å². The van der Waals surface area contributed by atoms with Crippen LogP contribution in [0.4, 0.5) is 5.69 Å². The predicted octanol–water partition coefficient (Wildman–Crippen LogP) is 3.22. The van der Waals surface area contributed by atoms with E-state index in [0.29, 0.717) is 9.50 Å². The Hall–Kier alpha value is -3.24. The number of nitrogens with zero attached hydrogens (tertiary/aromatic N) is 3. The lowest BCUT2D eigenvalue weighted by atomic mass is 10.1. The van der Waals surface area contributed by atoms with Gasteiger partial charge in [0.15, 0.2) is 4.80 Å². The van der Waals surface area contributed by atoms with E-state index < -0.39 is 4.92 Å². The molecule has 6 nitrogen and oxygen atoms in total. The van der Waals surface area contributed by atoms with Crippen LogP contribution >= 0.6 is 11.3 Å². The molecule has 1 heterocycles. The first-order valence-electron chi connectivity index (χ1n) is 7.82. The number of nitro benzene ring substituents is 1. The van der Waals surface area contributed by atoms with Gasteiger partial charge in [0.05, 0.1) is 28.1 Å². The van der Waals surface area contributed by atoms with Crippen molar-refractivity contribution in [3.05, 3.63) is 68.5 Å². The molecule has 1 aromatic heterocycles. The summed E-state index contributed by atoms with van der Waals surface area (Å²) in [7, 11) is 0. The molecule has 7 heteroatoms. The van der Waals surface area contributed by atoms with Crippen molar-refractivity contribution in [1.29, 1.82) is 0 Å². The number of non-ortho nitro benzene ring substituents is 1. The highest BCUT2D eigenvalue weighted by molar-refractivity contribution is 7.16. The second-order valence-electron chi connectivity index (χ2n) is 5.75. The average molecular weight is 365 g/mol. The molecular formula is C19H15N3O3S. The zero-order valence-corrected chi connectivity index (χ0v) is 14.8. The van der Waals surface area contributed by atoms with Crippen LogP contribution in [-0.2, 0) is 17.8 Å². The van der Waals surface area contributed by atoms with Crippen molar-refractivity contribution in [2.24, 2.45) is 4.99 Å². The smallest absolute Gasteiger partial charge is 0.270 e. The third-order valence-corrected chi connectivity index (χ3v) is 4.86. The summed E-state index contributed by atoms with van der Waals surface area (Å²) in [5, 5.41) is 11.0. The molecule has 0 fully saturated rings.